The number of rotatable bonds is 13. The summed E-state index contributed by atoms with van der Waals surface area (Å²) in [6.07, 6.45) is 6.56. The molecule has 0 unspecified atom stereocenters. The van der Waals surface area contributed by atoms with Crippen LogP contribution in [0.5, 0.6) is 29.1 Å². The Balaban J connectivity index is 0.000000284. The minimum absolute atomic E-state index is 0.0612. The van der Waals surface area contributed by atoms with Gasteiger partial charge < -0.3 is 23.7 Å². The molecule has 0 aliphatic carbocycles. The Morgan fingerprint density at radius 2 is 1.63 bits per heavy atom. The van der Waals surface area contributed by atoms with E-state index in [0.717, 1.165) is 18.3 Å². The van der Waals surface area contributed by atoms with Gasteiger partial charge in [-0.25, -0.2) is 37.1 Å². The SMILES string of the molecule is C#CCOC(=O)[C@@H](C)Oc1ccc(Oc2ncc(Cl)cc2F)cc1.CCS(=O)(=O)c1cccnc1S(=O)(=O)NC(=O)Nc1nc(OC)cc(OC)n1. The van der Waals surface area contributed by atoms with Crippen molar-refractivity contribution in [3.63, 3.8) is 0 Å². The second-order valence-corrected chi connectivity index (χ2v) is 13.9. The van der Waals surface area contributed by atoms with Crippen LogP contribution >= 0.6 is 11.6 Å². The second-order valence-electron chi connectivity index (χ2n) is 9.63. The van der Waals surface area contributed by atoms with Crippen LogP contribution in [0.2, 0.25) is 5.02 Å². The van der Waals surface area contributed by atoms with Gasteiger partial charge in [0.1, 0.15) is 16.4 Å². The van der Waals surface area contributed by atoms with Crippen LogP contribution < -0.4 is 29.0 Å². The monoisotopic (exact) mass is 780 g/mol. The number of sulfone groups is 1. The summed E-state index contributed by atoms with van der Waals surface area (Å²) in [5.74, 6) is 0.999. The predicted octanol–water partition coefficient (Wildman–Crippen LogP) is 3.80. The predicted molar refractivity (Wildman–Crippen MR) is 182 cm³/mol. The number of anilines is 1. The van der Waals surface area contributed by atoms with Crippen molar-refractivity contribution in [3.8, 4) is 41.5 Å². The van der Waals surface area contributed by atoms with E-state index in [9.17, 15) is 30.8 Å². The molecule has 0 saturated carbocycles. The highest BCUT2D eigenvalue weighted by Gasteiger charge is 2.29. The Labute approximate surface area is 302 Å². The Hall–Kier alpha value is -5.78. The van der Waals surface area contributed by atoms with Crippen LogP contribution in [0.1, 0.15) is 13.8 Å². The van der Waals surface area contributed by atoms with Gasteiger partial charge in [0.25, 0.3) is 15.9 Å². The fourth-order valence-corrected chi connectivity index (χ4v) is 6.29. The molecule has 0 fully saturated rings. The molecular formula is C31H30ClFN6O11S2. The number of amides is 2. The maximum atomic E-state index is 13.6. The molecule has 0 spiro atoms. The highest BCUT2D eigenvalue weighted by molar-refractivity contribution is 7.93. The molecule has 17 nitrogen and oxygen atoms in total. The lowest BCUT2D eigenvalue weighted by molar-refractivity contribution is -0.149. The number of hydrogen-bond donors (Lipinski definition) is 2. The second kappa shape index (κ2) is 18.5. The van der Waals surface area contributed by atoms with Crippen molar-refractivity contribution in [3.05, 3.63) is 71.8 Å². The lowest BCUT2D eigenvalue weighted by atomic mass is 10.3. The lowest BCUT2D eigenvalue weighted by Gasteiger charge is -2.13. The Kier molecular flexibility index (Phi) is 14.4. The van der Waals surface area contributed by atoms with Crippen molar-refractivity contribution < 1.29 is 54.5 Å². The molecule has 276 valence electrons. The summed E-state index contributed by atoms with van der Waals surface area (Å²) in [7, 11) is -5.85. The highest BCUT2D eigenvalue weighted by Crippen LogP contribution is 2.26. The number of methoxy groups -OCH3 is 2. The number of carbonyl (C=O) groups is 2. The average Bonchev–Trinajstić information content (AvgIpc) is 3.12. The van der Waals surface area contributed by atoms with Gasteiger partial charge in [0.05, 0.1) is 31.1 Å². The molecule has 0 bridgehead atoms. The quantitative estimate of drug-likeness (QED) is 0.145. The van der Waals surface area contributed by atoms with E-state index in [1.54, 1.807) is 29.0 Å². The highest BCUT2D eigenvalue weighted by atomic mass is 35.5. The number of benzene rings is 1. The largest absolute Gasteiger partial charge is 0.481 e. The summed E-state index contributed by atoms with van der Waals surface area (Å²) in [5.41, 5.74) is 0. The third-order valence-corrected chi connectivity index (χ3v) is 9.39. The van der Waals surface area contributed by atoms with E-state index >= 15 is 0 Å². The zero-order valence-electron chi connectivity index (χ0n) is 27.7. The van der Waals surface area contributed by atoms with E-state index in [1.807, 2.05) is 0 Å². The topological polar surface area (TPSA) is 224 Å². The standard InChI is InChI=1S/C17H13ClFNO4.C14H17N5O7S2/c1-3-8-22-17(21)11(2)23-13-4-6-14(7-5-13)24-16-15(19)9-12(18)10-20-16;1-4-27(21,22)9-6-5-7-15-12(9)28(23,24)19-14(20)18-13-16-10(25-2)8-11(17-13)26-3/h1,4-7,9-11H,8H2,2H3;5-8H,4H2,1-3H3,(H2,16,17,18,19,20)/t11-;/m1./s1. The molecule has 2 N–H and O–H groups in total. The molecule has 0 aliphatic rings. The number of ether oxygens (including phenoxy) is 5. The Bertz CT molecular complexity index is 2130. The van der Waals surface area contributed by atoms with Crippen molar-refractivity contribution in [2.75, 3.05) is 31.9 Å². The number of hydrogen-bond acceptors (Lipinski definition) is 15. The van der Waals surface area contributed by atoms with E-state index in [-0.39, 0.29) is 41.0 Å². The van der Waals surface area contributed by atoms with Crippen LogP contribution in [0.25, 0.3) is 0 Å². The number of esters is 1. The van der Waals surface area contributed by atoms with E-state index in [2.05, 4.69) is 31.2 Å². The number of halogens is 2. The maximum absolute atomic E-state index is 13.6. The molecule has 4 aromatic rings. The van der Waals surface area contributed by atoms with Crippen molar-refractivity contribution in [2.45, 2.75) is 29.9 Å². The van der Waals surface area contributed by atoms with Crippen LogP contribution in [-0.4, -0.2) is 81.5 Å². The first-order chi connectivity index (χ1) is 24.6. The summed E-state index contributed by atoms with van der Waals surface area (Å²) in [6, 6.07) is 9.80. The Morgan fingerprint density at radius 3 is 2.21 bits per heavy atom. The Morgan fingerprint density at radius 1 is 1.00 bits per heavy atom. The van der Waals surface area contributed by atoms with Gasteiger partial charge in [-0.05, 0) is 49.4 Å². The number of carbonyl (C=O) groups excluding carboxylic acids is 2. The van der Waals surface area contributed by atoms with Gasteiger partial charge in [-0.15, -0.1) is 6.42 Å². The molecular weight excluding hydrogens is 751 g/mol. The molecule has 0 aliphatic heterocycles. The third-order valence-electron chi connectivity index (χ3n) is 6.01. The molecule has 3 aromatic heterocycles. The number of terminal acetylenes is 1. The van der Waals surface area contributed by atoms with Crippen LogP contribution in [0.15, 0.2) is 70.8 Å². The number of sulfonamides is 1. The minimum Gasteiger partial charge on any atom is -0.481 e. The summed E-state index contributed by atoms with van der Waals surface area (Å²) in [5, 5.41) is 1.48. The summed E-state index contributed by atoms with van der Waals surface area (Å²) >= 11 is 5.62. The van der Waals surface area contributed by atoms with E-state index in [0.29, 0.717) is 11.5 Å². The minimum atomic E-state index is -4.61. The number of nitrogens with zero attached hydrogens (tertiary/aromatic N) is 4. The number of pyridine rings is 2. The number of aromatic nitrogens is 4. The van der Waals surface area contributed by atoms with Crippen molar-refractivity contribution in [1.29, 1.82) is 0 Å². The zero-order chi connectivity index (χ0) is 38.5. The van der Waals surface area contributed by atoms with Gasteiger partial charge >= 0.3 is 12.0 Å². The van der Waals surface area contributed by atoms with Crippen LogP contribution in [-0.2, 0) is 29.4 Å². The van der Waals surface area contributed by atoms with Gasteiger partial charge in [-0.1, -0.05) is 24.4 Å². The van der Waals surface area contributed by atoms with Gasteiger partial charge in [-0.3, -0.25) is 5.32 Å². The van der Waals surface area contributed by atoms with E-state index in [4.69, 9.17) is 41.7 Å². The van der Waals surface area contributed by atoms with Gasteiger partial charge in [0, 0.05) is 12.4 Å². The van der Waals surface area contributed by atoms with Crippen molar-refractivity contribution >= 4 is 49.4 Å². The van der Waals surface area contributed by atoms with Crippen molar-refractivity contribution in [1.82, 2.24) is 24.7 Å². The molecule has 21 heteroatoms. The first-order valence-electron chi connectivity index (χ1n) is 14.5. The van der Waals surface area contributed by atoms with Crippen LogP contribution in [0.3, 0.4) is 0 Å². The molecule has 0 saturated heterocycles. The summed E-state index contributed by atoms with van der Waals surface area (Å²) in [4.78, 5) is 38.1. The molecule has 0 radical (unpaired) electrons. The first kappa shape index (κ1) is 40.6. The lowest BCUT2D eigenvalue weighted by Crippen LogP contribution is -2.36. The molecule has 1 aromatic carbocycles. The number of urea groups is 1. The van der Waals surface area contributed by atoms with Crippen molar-refractivity contribution in [2.24, 2.45) is 0 Å². The third kappa shape index (κ3) is 11.6. The van der Waals surface area contributed by atoms with Gasteiger partial charge in [0.2, 0.25) is 17.7 Å². The maximum Gasteiger partial charge on any atom is 0.347 e. The average molecular weight is 781 g/mol. The van der Waals surface area contributed by atoms with E-state index < -0.39 is 53.7 Å². The molecule has 52 heavy (non-hydrogen) atoms. The smallest absolute Gasteiger partial charge is 0.347 e. The summed E-state index contributed by atoms with van der Waals surface area (Å²) < 4.78 is 89.8. The normalized spacial score (nSPS) is 11.4. The molecule has 2 amide bonds. The summed E-state index contributed by atoms with van der Waals surface area (Å²) in [6.45, 7) is 2.78. The molecule has 3 heterocycles. The van der Waals surface area contributed by atoms with Crippen LogP contribution in [0.4, 0.5) is 15.1 Å². The van der Waals surface area contributed by atoms with Gasteiger partial charge in [-0.2, -0.15) is 18.4 Å². The molecule has 4 rings (SSSR count). The molecule has 1 atom stereocenters. The van der Waals surface area contributed by atoms with Crippen LogP contribution in [0, 0.1) is 18.2 Å². The number of nitrogens with one attached hydrogen (secondary N) is 2. The first-order valence-corrected chi connectivity index (χ1v) is 18.0. The zero-order valence-corrected chi connectivity index (χ0v) is 30.1. The fraction of sp³-hybridized carbons (Fsp3) is 0.226. The van der Waals surface area contributed by atoms with Gasteiger partial charge in [0.15, 0.2) is 33.4 Å². The van der Waals surface area contributed by atoms with E-state index in [1.165, 1.54) is 46.4 Å². The fourth-order valence-electron chi connectivity index (χ4n) is 3.59.